The summed E-state index contributed by atoms with van der Waals surface area (Å²) in [6.07, 6.45) is -0.306. The van der Waals surface area contributed by atoms with Gasteiger partial charge in [-0.3, -0.25) is 10.1 Å². The number of para-hydroxylation sites is 1. The lowest BCUT2D eigenvalue weighted by Crippen LogP contribution is -2.33. The van der Waals surface area contributed by atoms with Crippen molar-refractivity contribution in [2.24, 2.45) is 0 Å². The number of ether oxygens (including phenoxy) is 2. The van der Waals surface area contributed by atoms with Crippen molar-refractivity contribution >= 4 is 17.6 Å². The average molecular weight is 495 g/mol. The molecule has 1 aliphatic heterocycles. The van der Waals surface area contributed by atoms with E-state index in [9.17, 15) is 24.8 Å². The van der Waals surface area contributed by atoms with Gasteiger partial charge in [-0.1, -0.05) is 48.5 Å². The highest BCUT2D eigenvalue weighted by molar-refractivity contribution is 6.00. The van der Waals surface area contributed by atoms with Crippen molar-refractivity contribution in [1.29, 1.82) is 0 Å². The first-order valence-corrected chi connectivity index (χ1v) is 11.8. The molecule has 2 N–H and O–H groups in total. The second-order valence-electron chi connectivity index (χ2n) is 8.21. The number of esters is 2. The molecule has 9 heteroatoms. The third kappa shape index (κ3) is 5.80. The van der Waals surface area contributed by atoms with E-state index in [1.54, 1.807) is 39.0 Å². The minimum absolute atomic E-state index is 0.0727. The first-order chi connectivity index (χ1) is 17.3. The number of carbonyl (C=O) groups excluding carboxylic acids is 2. The summed E-state index contributed by atoms with van der Waals surface area (Å²) in [6, 6.07) is 15.1. The third-order valence-electron chi connectivity index (χ3n) is 5.93. The smallest absolute Gasteiger partial charge is 0.336 e. The number of allylic oxidation sites excluding steroid dienone is 2. The second kappa shape index (κ2) is 12.1. The van der Waals surface area contributed by atoms with Crippen LogP contribution in [0, 0.1) is 10.1 Å². The summed E-state index contributed by atoms with van der Waals surface area (Å²) in [4.78, 5) is 37.7. The Morgan fingerprint density at radius 2 is 1.58 bits per heavy atom. The van der Waals surface area contributed by atoms with Crippen molar-refractivity contribution in [2.75, 3.05) is 13.2 Å². The van der Waals surface area contributed by atoms with Crippen LogP contribution < -0.4 is 5.32 Å². The van der Waals surface area contributed by atoms with Crippen LogP contribution in [0.25, 0.3) is 0 Å². The largest absolute Gasteiger partial charge is 0.463 e. The van der Waals surface area contributed by atoms with Crippen LogP contribution in [0.4, 0.5) is 5.69 Å². The van der Waals surface area contributed by atoms with E-state index >= 15 is 0 Å². The van der Waals surface area contributed by atoms with Gasteiger partial charge in [-0.15, -0.1) is 0 Å². The van der Waals surface area contributed by atoms with Gasteiger partial charge in [0, 0.05) is 23.0 Å². The lowest BCUT2D eigenvalue weighted by Gasteiger charge is -2.31. The molecule has 2 unspecified atom stereocenters. The first kappa shape index (κ1) is 26.6. The van der Waals surface area contributed by atoms with Gasteiger partial charge < -0.3 is 19.9 Å². The molecule has 2 aromatic rings. The number of nitro benzene ring substituents is 1. The van der Waals surface area contributed by atoms with E-state index < -0.39 is 28.9 Å². The van der Waals surface area contributed by atoms with Gasteiger partial charge in [0.2, 0.25) is 0 Å². The summed E-state index contributed by atoms with van der Waals surface area (Å²) in [7, 11) is 0. The molecule has 9 nitrogen and oxygen atoms in total. The standard InChI is InChI=1S/C27H30N2O7/c1-4-35-26(31)23-17(3)28-20(15-16-22(30)18-11-7-6-8-12-18)25(27(32)36-5-2)24(23)19-13-9-10-14-21(19)29(33)34/h6-14,22,24,28,30H,4-5,15-16H2,1-3H3. The molecule has 3 rings (SSSR count). The maximum absolute atomic E-state index is 13.3. The minimum Gasteiger partial charge on any atom is -0.463 e. The fraction of sp³-hybridized carbons (Fsp3) is 0.333. The molecule has 0 aliphatic carbocycles. The molecule has 0 bridgehead atoms. The quantitative estimate of drug-likeness (QED) is 0.282. The van der Waals surface area contributed by atoms with Crippen LogP contribution >= 0.6 is 0 Å². The third-order valence-corrected chi connectivity index (χ3v) is 5.93. The highest BCUT2D eigenvalue weighted by atomic mass is 16.6. The molecule has 1 aliphatic rings. The molecule has 0 radical (unpaired) electrons. The summed E-state index contributed by atoms with van der Waals surface area (Å²) in [6.45, 7) is 5.13. The molecular weight excluding hydrogens is 464 g/mol. The Morgan fingerprint density at radius 3 is 2.19 bits per heavy atom. The molecule has 36 heavy (non-hydrogen) atoms. The van der Waals surface area contributed by atoms with Gasteiger partial charge >= 0.3 is 11.9 Å². The Morgan fingerprint density at radius 1 is 1.00 bits per heavy atom. The summed E-state index contributed by atoms with van der Waals surface area (Å²) < 4.78 is 10.6. The summed E-state index contributed by atoms with van der Waals surface area (Å²) in [5.41, 5.74) is 1.69. The summed E-state index contributed by atoms with van der Waals surface area (Å²) in [5.74, 6) is -2.47. The highest BCUT2D eigenvalue weighted by Gasteiger charge is 2.41. The van der Waals surface area contributed by atoms with Crippen LogP contribution in [-0.2, 0) is 19.1 Å². The van der Waals surface area contributed by atoms with E-state index in [1.165, 1.54) is 18.2 Å². The topological polar surface area (TPSA) is 128 Å². The second-order valence-corrected chi connectivity index (χ2v) is 8.21. The van der Waals surface area contributed by atoms with Gasteiger partial charge in [0.1, 0.15) is 0 Å². The Hall–Kier alpha value is -3.98. The van der Waals surface area contributed by atoms with Crippen molar-refractivity contribution in [3.05, 3.63) is 98.4 Å². The number of rotatable bonds is 10. The molecule has 0 saturated carbocycles. The molecule has 190 valence electrons. The number of hydrogen-bond donors (Lipinski definition) is 2. The van der Waals surface area contributed by atoms with Crippen LogP contribution in [0.2, 0.25) is 0 Å². The summed E-state index contributed by atoms with van der Waals surface area (Å²) in [5, 5.41) is 25.7. The van der Waals surface area contributed by atoms with Crippen LogP contribution in [0.3, 0.4) is 0 Å². The zero-order chi connectivity index (χ0) is 26.2. The van der Waals surface area contributed by atoms with Crippen LogP contribution in [0.5, 0.6) is 0 Å². The minimum atomic E-state index is -1.09. The predicted molar refractivity (Wildman–Crippen MR) is 133 cm³/mol. The van der Waals surface area contributed by atoms with Gasteiger partial charge in [0.25, 0.3) is 5.69 Å². The molecule has 2 aromatic carbocycles. The van der Waals surface area contributed by atoms with E-state index in [2.05, 4.69) is 5.32 Å². The van der Waals surface area contributed by atoms with Gasteiger partial charge in [-0.05, 0) is 39.2 Å². The Labute approximate surface area is 209 Å². The molecule has 0 spiro atoms. The van der Waals surface area contributed by atoms with E-state index in [1.807, 2.05) is 18.2 Å². The van der Waals surface area contributed by atoms with Crippen molar-refractivity contribution in [3.8, 4) is 0 Å². The van der Waals surface area contributed by atoms with E-state index in [0.29, 0.717) is 11.4 Å². The molecule has 0 fully saturated rings. The van der Waals surface area contributed by atoms with E-state index in [4.69, 9.17) is 9.47 Å². The lowest BCUT2D eigenvalue weighted by atomic mass is 9.78. The number of aliphatic hydroxyl groups is 1. The zero-order valence-electron chi connectivity index (χ0n) is 20.5. The molecule has 1 heterocycles. The Kier molecular flexibility index (Phi) is 8.97. The average Bonchev–Trinajstić information content (AvgIpc) is 2.87. The van der Waals surface area contributed by atoms with Gasteiger partial charge in [-0.25, -0.2) is 9.59 Å². The fourth-order valence-electron chi connectivity index (χ4n) is 4.35. The first-order valence-electron chi connectivity index (χ1n) is 11.8. The number of nitro groups is 1. The number of carbonyl (C=O) groups is 2. The number of hydrogen-bond acceptors (Lipinski definition) is 8. The Balaban J connectivity index is 2.16. The summed E-state index contributed by atoms with van der Waals surface area (Å²) >= 11 is 0. The number of nitrogens with zero attached hydrogens (tertiary/aromatic N) is 1. The van der Waals surface area contributed by atoms with E-state index in [0.717, 1.165) is 5.56 Å². The van der Waals surface area contributed by atoms with Crippen molar-refractivity contribution in [3.63, 3.8) is 0 Å². The number of dihydropyridines is 1. The van der Waals surface area contributed by atoms with Gasteiger partial charge in [-0.2, -0.15) is 0 Å². The highest BCUT2D eigenvalue weighted by Crippen LogP contribution is 2.43. The van der Waals surface area contributed by atoms with Crippen LogP contribution in [0.1, 0.15) is 56.8 Å². The van der Waals surface area contributed by atoms with Crippen molar-refractivity contribution in [1.82, 2.24) is 5.32 Å². The fourth-order valence-corrected chi connectivity index (χ4v) is 4.35. The number of nitrogens with one attached hydrogen (secondary N) is 1. The van der Waals surface area contributed by atoms with Gasteiger partial charge in [0.15, 0.2) is 0 Å². The van der Waals surface area contributed by atoms with E-state index in [-0.39, 0.29) is 48.5 Å². The van der Waals surface area contributed by atoms with Gasteiger partial charge in [0.05, 0.1) is 41.3 Å². The van der Waals surface area contributed by atoms with Crippen LogP contribution in [-0.4, -0.2) is 35.2 Å². The molecule has 0 saturated heterocycles. The normalized spacial score (nSPS) is 16.3. The SMILES string of the molecule is CCOC(=O)C1=C(C)NC(CCC(O)c2ccccc2)=C(C(=O)OCC)C1c1ccccc1[N+](=O)[O-]. The number of aliphatic hydroxyl groups excluding tert-OH is 1. The monoisotopic (exact) mass is 494 g/mol. The Bertz CT molecular complexity index is 1190. The van der Waals surface area contributed by atoms with Crippen molar-refractivity contribution < 1.29 is 29.1 Å². The molecule has 0 amide bonds. The number of benzene rings is 2. The molecule has 2 atom stereocenters. The molecule has 0 aromatic heterocycles. The molecular formula is C27H30N2O7. The van der Waals surface area contributed by atoms with Crippen LogP contribution in [0.15, 0.2) is 77.1 Å². The predicted octanol–water partition coefficient (Wildman–Crippen LogP) is 4.45. The maximum atomic E-state index is 13.3. The van der Waals surface area contributed by atoms with Crippen molar-refractivity contribution in [2.45, 2.75) is 45.6 Å². The zero-order valence-corrected chi connectivity index (χ0v) is 20.5. The maximum Gasteiger partial charge on any atom is 0.336 e. The lowest BCUT2D eigenvalue weighted by molar-refractivity contribution is -0.385.